The summed E-state index contributed by atoms with van der Waals surface area (Å²) < 4.78 is 0. The lowest BCUT2D eigenvalue weighted by molar-refractivity contribution is -0.131. The van der Waals surface area contributed by atoms with Gasteiger partial charge in [0.1, 0.15) is 0 Å². The number of aromatic nitrogens is 1. The maximum atomic E-state index is 12.7. The summed E-state index contributed by atoms with van der Waals surface area (Å²) in [5.41, 5.74) is 1.51. The van der Waals surface area contributed by atoms with E-state index in [9.17, 15) is 14.4 Å². The van der Waals surface area contributed by atoms with E-state index in [0.717, 1.165) is 5.56 Å². The van der Waals surface area contributed by atoms with E-state index in [-0.39, 0.29) is 30.8 Å². The highest BCUT2D eigenvalue weighted by Crippen LogP contribution is 2.28. The van der Waals surface area contributed by atoms with E-state index in [2.05, 4.69) is 10.3 Å². The molecular weight excluding hydrogens is 352 g/mol. The average Bonchev–Trinajstić information content (AvgIpc) is 3.18. The van der Waals surface area contributed by atoms with Crippen molar-refractivity contribution in [1.82, 2.24) is 20.1 Å². The van der Waals surface area contributed by atoms with Gasteiger partial charge in [-0.05, 0) is 23.1 Å². The molecule has 0 bridgehead atoms. The number of hydrogen-bond donors (Lipinski definition) is 1. The Hall–Kier alpha value is -2.74. The summed E-state index contributed by atoms with van der Waals surface area (Å²) in [6, 6.07) is 7.27. The zero-order chi connectivity index (χ0) is 18.7. The lowest BCUT2D eigenvalue weighted by atomic mass is 9.93. The van der Waals surface area contributed by atoms with Gasteiger partial charge in [-0.15, -0.1) is 11.3 Å². The predicted molar refractivity (Wildman–Crippen MR) is 97.7 cm³/mol. The topological polar surface area (TPSA) is 82.6 Å². The van der Waals surface area contributed by atoms with Gasteiger partial charge in [0.15, 0.2) is 0 Å². The lowest BCUT2D eigenvalue weighted by Crippen LogP contribution is -2.45. The van der Waals surface area contributed by atoms with Gasteiger partial charge in [-0.2, -0.15) is 0 Å². The molecule has 1 atom stereocenters. The summed E-state index contributed by atoms with van der Waals surface area (Å²) in [6.45, 7) is 0.576. The molecule has 0 aliphatic carbocycles. The van der Waals surface area contributed by atoms with Crippen molar-refractivity contribution < 1.29 is 14.4 Å². The summed E-state index contributed by atoms with van der Waals surface area (Å²) >= 11 is 1.38. The average molecular weight is 372 g/mol. The molecule has 3 heterocycles. The van der Waals surface area contributed by atoms with Crippen LogP contribution in [0.4, 0.5) is 0 Å². The van der Waals surface area contributed by atoms with Crippen molar-refractivity contribution in [3.05, 3.63) is 52.0 Å². The molecule has 0 radical (unpaired) electrons. The fraction of sp³-hybridized carbons (Fsp3) is 0.333. The van der Waals surface area contributed by atoms with Crippen LogP contribution in [0.3, 0.4) is 0 Å². The van der Waals surface area contributed by atoms with Crippen molar-refractivity contribution in [2.45, 2.75) is 12.5 Å². The minimum absolute atomic E-state index is 0.0800. The van der Waals surface area contributed by atoms with Crippen LogP contribution in [0.25, 0.3) is 0 Å². The van der Waals surface area contributed by atoms with Gasteiger partial charge in [0, 0.05) is 33.4 Å². The molecule has 0 saturated carbocycles. The van der Waals surface area contributed by atoms with Gasteiger partial charge in [-0.25, -0.2) is 0 Å². The van der Waals surface area contributed by atoms with Gasteiger partial charge in [0.25, 0.3) is 5.91 Å². The molecule has 1 N–H and O–H groups in total. The third-order valence-corrected chi connectivity index (χ3v) is 5.13. The fourth-order valence-electron chi connectivity index (χ4n) is 2.84. The first-order valence-electron chi connectivity index (χ1n) is 8.22. The number of thiophene rings is 1. The highest BCUT2D eigenvalue weighted by Gasteiger charge is 2.34. The minimum Gasteiger partial charge on any atom is -0.347 e. The van der Waals surface area contributed by atoms with E-state index in [0.29, 0.717) is 17.1 Å². The van der Waals surface area contributed by atoms with Gasteiger partial charge in [-0.3, -0.25) is 19.4 Å². The molecule has 8 heteroatoms. The van der Waals surface area contributed by atoms with Crippen molar-refractivity contribution in [3.63, 3.8) is 0 Å². The molecule has 3 rings (SSSR count). The number of hydrogen-bond acceptors (Lipinski definition) is 5. The van der Waals surface area contributed by atoms with Crippen molar-refractivity contribution >= 4 is 29.1 Å². The summed E-state index contributed by atoms with van der Waals surface area (Å²) in [6.07, 6.45) is 1.64. The second kappa shape index (κ2) is 7.65. The Labute approximate surface area is 155 Å². The molecule has 7 nitrogen and oxygen atoms in total. The first-order chi connectivity index (χ1) is 12.5. The van der Waals surface area contributed by atoms with E-state index >= 15 is 0 Å². The lowest BCUT2D eigenvalue weighted by Gasteiger charge is -2.33. The number of carbonyl (C=O) groups is 3. The summed E-state index contributed by atoms with van der Waals surface area (Å²) in [7, 11) is 3.26. The number of carbonyl (C=O) groups excluding carboxylic acids is 3. The van der Waals surface area contributed by atoms with Gasteiger partial charge < -0.3 is 15.1 Å². The van der Waals surface area contributed by atoms with Crippen molar-refractivity contribution in [2.24, 2.45) is 0 Å². The van der Waals surface area contributed by atoms with Crippen LogP contribution in [-0.4, -0.2) is 59.7 Å². The van der Waals surface area contributed by atoms with Crippen LogP contribution >= 0.6 is 11.3 Å². The van der Waals surface area contributed by atoms with Crippen LogP contribution in [-0.2, 0) is 16.1 Å². The number of amides is 3. The molecule has 0 fully saturated rings. The van der Waals surface area contributed by atoms with E-state index in [4.69, 9.17) is 0 Å². The maximum Gasteiger partial charge on any atom is 0.264 e. The molecule has 0 spiro atoms. The molecule has 1 unspecified atom stereocenters. The molecule has 26 heavy (non-hydrogen) atoms. The SMILES string of the molecule is CN(C)C(=O)CNC(=O)C1CN(C(=O)c2cccs2)Cc2cccnc21. The molecule has 1 aliphatic heterocycles. The minimum atomic E-state index is -0.598. The van der Waals surface area contributed by atoms with E-state index in [1.165, 1.54) is 16.2 Å². The third kappa shape index (κ3) is 3.75. The zero-order valence-corrected chi connectivity index (χ0v) is 15.5. The Morgan fingerprint density at radius 3 is 2.81 bits per heavy atom. The molecule has 1 aliphatic rings. The monoisotopic (exact) mass is 372 g/mol. The Bertz CT molecular complexity index is 820. The van der Waals surface area contributed by atoms with E-state index in [1.807, 2.05) is 17.5 Å². The Morgan fingerprint density at radius 1 is 1.31 bits per heavy atom. The highest BCUT2D eigenvalue weighted by atomic mass is 32.1. The number of fused-ring (bicyclic) bond motifs is 1. The van der Waals surface area contributed by atoms with E-state index < -0.39 is 5.92 Å². The maximum absolute atomic E-state index is 12.7. The highest BCUT2D eigenvalue weighted by molar-refractivity contribution is 7.12. The number of pyridine rings is 1. The van der Waals surface area contributed by atoms with Crippen LogP contribution in [0, 0.1) is 0 Å². The standard InChI is InChI=1S/C18H20N4O3S/c1-21(2)15(23)9-20-17(24)13-11-22(18(25)14-6-4-8-26-14)10-12-5-3-7-19-16(12)13/h3-8,13H,9-11H2,1-2H3,(H,20,24). The molecular formula is C18H20N4O3S. The summed E-state index contributed by atoms with van der Waals surface area (Å²) in [4.78, 5) is 45.2. The molecule has 3 amide bonds. The van der Waals surface area contributed by atoms with Gasteiger partial charge >= 0.3 is 0 Å². The third-order valence-electron chi connectivity index (χ3n) is 4.27. The Morgan fingerprint density at radius 2 is 2.12 bits per heavy atom. The molecule has 0 saturated heterocycles. The largest absolute Gasteiger partial charge is 0.347 e. The zero-order valence-electron chi connectivity index (χ0n) is 14.6. The predicted octanol–water partition coefficient (Wildman–Crippen LogP) is 1.09. The van der Waals surface area contributed by atoms with Gasteiger partial charge in [-0.1, -0.05) is 12.1 Å². The number of likely N-dealkylation sites (N-methyl/N-ethyl adjacent to an activating group) is 1. The van der Waals surface area contributed by atoms with Gasteiger partial charge in [0.2, 0.25) is 11.8 Å². The molecule has 0 aromatic carbocycles. The van der Waals surface area contributed by atoms with Crippen molar-refractivity contribution in [1.29, 1.82) is 0 Å². The number of nitrogens with one attached hydrogen (secondary N) is 1. The van der Waals surface area contributed by atoms with Crippen LogP contribution in [0.2, 0.25) is 0 Å². The smallest absolute Gasteiger partial charge is 0.264 e. The fourth-order valence-corrected chi connectivity index (χ4v) is 3.53. The summed E-state index contributed by atoms with van der Waals surface area (Å²) in [5.74, 6) is -1.19. The second-order valence-corrected chi connectivity index (χ2v) is 7.22. The molecule has 136 valence electrons. The van der Waals surface area contributed by atoms with Crippen LogP contribution in [0.5, 0.6) is 0 Å². The van der Waals surface area contributed by atoms with Crippen LogP contribution in [0.15, 0.2) is 35.8 Å². The Balaban J connectivity index is 1.80. The van der Waals surface area contributed by atoms with Crippen molar-refractivity contribution in [2.75, 3.05) is 27.2 Å². The summed E-state index contributed by atoms with van der Waals surface area (Å²) in [5, 5.41) is 4.51. The second-order valence-electron chi connectivity index (χ2n) is 6.27. The van der Waals surface area contributed by atoms with Crippen molar-refractivity contribution in [3.8, 4) is 0 Å². The first-order valence-corrected chi connectivity index (χ1v) is 9.09. The number of rotatable bonds is 4. The normalized spacial score (nSPS) is 15.9. The first kappa shape index (κ1) is 18.1. The quantitative estimate of drug-likeness (QED) is 0.871. The van der Waals surface area contributed by atoms with Crippen LogP contribution < -0.4 is 5.32 Å². The van der Waals surface area contributed by atoms with E-state index in [1.54, 1.807) is 37.3 Å². The Kier molecular flexibility index (Phi) is 5.32. The number of nitrogens with zero attached hydrogens (tertiary/aromatic N) is 3. The molecule has 2 aromatic rings. The molecule has 2 aromatic heterocycles. The van der Waals surface area contributed by atoms with Gasteiger partial charge in [0.05, 0.1) is 23.0 Å². The van der Waals surface area contributed by atoms with Crippen LogP contribution in [0.1, 0.15) is 26.8 Å².